The number of benzene rings is 1. The second kappa shape index (κ2) is 4.82. The van der Waals surface area contributed by atoms with E-state index in [2.05, 4.69) is 32.2 Å². The van der Waals surface area contributed by atoms with Crippen LogP contribution in [0.4, 0.5) is 0 Å². The van der Waals surface area contributed by atoms with Crippen molar-refractivity contribution in [3.8, 4) is 10.7 Å². The largest absolute Gasteiger partial charge is 0.335 e. The molecule has 0 bridgehead atoms. The first-order valence-electron chi connectivity index (χ1n) is 6.68. The van der Waals surface area contributed by atoms with Gasteiger partial charge in [0.1, 0.15) is 5.52 Å². The standard InChI is InChI=1S/C15H13N5S/c1-10-16-8-13(21-10)14-18-12-7-17-20(15(12)19-14)9-11-5-3-2-4-6-11/h2-8H,9H2,1H3,(H,18,19). The van der Waals surface area contributed by atoms with E-state index in [-0.39, 0.29) is 0 Å². The molecule has 5 nitrogen and oxygen atoms in total. The van der Waals surface area contributed by atoms with Gasteiger partial charge in [-0.25, -0.2) is 14.6 Å². The number of H-pyrrole nitrogens is 1. The first-order valence-corrected chi connectivity index (χ1v) is 7.49. The van der Waals surface area contributed by atoms with Crippen LogP contribution in [-0.4, -0.2) is 24.7 Å². The average Bonchev–Trinajstić information content (AvgIpc) is 3.17. The Labute approximate surface area is 125 Å². The number of nitrogens with zero attached hydrogens (tertiary/aromatic N) is 4. The van der Waals surface area contributed by atoms with E-state index in [1.165, 1.54) is 5.56 Å². The number of rotatable bonds is 3. The third-order valence-corrected chi connectivity index (χ3v) is 4.23. The van der Waals surface area contributed by atoms with Crippen LogP contribution in [0.5, 0.6) is 0 Å². The van der Waals surface area contributed by atoms with Crippen LogP contribution in [0.15, 0.2) is 42.7 Å². The number of fused-ring (bicyclic) bond motifs is 1. The van der Waals surface area contributed by atoms with E-state index < -0.39 is 0 Å². The summed E-state index contributed by atoms with van der Waals surface area (Å²) in [6, 6.07) is 10.3. The number of hydrogen-bond donors (Lipinski definition) is 1. The van der Waals surface area contributed by atoms with Crippen molar-refractivity contribution in [3.05, 3.63) is 53.3 Å². The van der Waals surface area contributed by atoms with E-state index in [0.29, 0.717) is 0 Å². The van der Waals surface area contributed by atoms with Crippen molar-refractivity contribution in [3.63, 3.8) is 0 Å². The lowest BCUT2D eigenvalue weighted by Gasteiger charge is -2.01. The Morgan fingerprint density at radius 3 is 2.81 bits per heavy atom. The molecule has 0 aliphatic heterocycles. The molecule has 0 radical (unpaired) electrons. The van der Waals surface area contributed by atoms with Gasteiger partial charge < -0.3 is 4.98 Å². The normalized spacial score (nSPS) is 11.3. The Kier molecular flexibility index (Phi) is 2.82. The highest BCUT2D eigenvalue weighted by atomic mass is 32.1. The van der Waals surface area contributed by atoms with Crippen LogP contribution in [0.25, 0.3) is 21.9 Å². The fourth-order valence-electron chi connectivity index (χ4n) is 2.31. The molecule has 0 unspecified atom stereocenters. The molecule has 0 fully saturated rings. The second-order valence-electron chi connectivity index (χ2n) is 4.85. The summed E-state index contributed by atoms with van der Waals surface area (Å²) in [5, 5.41) is 5.44. The maximum atomic E-state index is 4.67. The molecule has 1 N–H and O–H groups in total. The second-order valence-corrected chi connectivity index (χ2v) is 6.09. The maximum Gasteiger partial charge on any atom is 0.177 e. The predicted octanol–water partition coefficient (Wildman–Crippen LogP) is 3.24. The number of aromatic nitrogens is 5. The van der Waals surface area contributed by atoms with Crippen LogP contribution in [0.1, 0.15) is 10.6 Å². The van der Waals surface area contributed by atoms with Gasteiger partial charge in [-0.15, -0.1) is 11.3 Å². The number of aromatic amines is 1. The highest BCUT2D eigenvalue weighted by Crippen LogP contribution is 2.25. The van der Waals surface area contributed by atoms with Crippen LogP contribution >= 0.6 is 11.3 Å². The van der Waals surface area contributed by atoms with Crippen LogP contribution in [0.3, 0.4) is 0 Å². The lowest BCUT2D eigenvalue weighted by Crippen LogP contribution is -2.01. The lowest BCUT2D eigenvalue weighted by molar-refractivity contribution is 0.705. The Balaban J connectivity index is 1.73. The van der Waals surface area contributed by atoms with E-state index in [1.807, 2.05) is 42.2 Å². The van der Waals surface area contributed by atoms with E-state index >= 15 is 0 Å². The highest BCUT2D eigenvalue weighted by molar-refractivity contribution is 7.14. The summed E-state index contributed by atoms with van der Waals surface area (Å²) in [5.41, 5.74) is 3.03. The molecule has 0 atom stereocenters. The molecule has 0 spiro atoms. The third kappa shape index (κ3) is 2.23. The number of imidazole rings is 1. The van der Waals surface area contributed by atoms with Crippen LogP contribution in [0.2, 0.25) is 0 Å². The molecule has 6 heteroatoms. The zero-order valence-corrected chi connectivity index (χ0v) is 12.3. The Morgan fingerprint density at radius 2 is 2.05 bits per heavy atom. The minimum Gasteiger partial charge on any atom is -0.335 e. The van der Waals surface area contributed by atoms with Crippen molar-refractivity contribution in [1.29, 1.82) is 0 Å². The third-order valence-electron chi connectivity index (χ3n) is 3.31. The predicted molar refractivity (Wildman–Crippen MR) is 83.3 cm³/mol. The molecule has 21 heavy (non-hydrogen) atoms. The monoisotopic (exact) mass is 295 g/mol. The fourth-order valence-corrected chi connectivity index (χ4v) is 3.03. The van der Waals surface area contributed by atoms with E-state index in [1.54, 1.807) is 11.3 Å². The zero-order chi connectivity index (χ0) is 14.2. The Bertz CT molecular complexity index is 887. The van der Waals surface area contributed by atoms with E-state index in [9.17, 15) is 0 Å². The molecule has 104 valence electrons. The minimum atomic E-state index is 0.719. The SMILES string of the molecule is Cc1ncc(-c2nc3c(cnn3Cc3ccccc3)[nH]2)s1. The smallest absolute Gasteiger partial charge is 0.177 e. The molecule has 3 heterocycles. The summed E-state index contributed by atoms with van der Waals surface area (Å²) in [6.07, 6.45) is 3.68. The van der Waals surface area contributed by atoms with Crippen molar-refractivity contribution in [2.45, 2.75) is 13.5 Å². The number of hydrogen-bond acceptors (Lipinski definition) is 4. The summed E-state index contributed by atoms with van der Waals surface area (Å²) in [4.78, 5) is 13.3. The van der Waals surface area contributed by atoms with Gasteiger partial charge >= 0.3 is 0 Å². The van der Waals surface area contributed by atoms with Crippen LogP contribution < -0.4 is 0 Å². The summed E-state index contributed by atoms with van der Waals surface area (Å²) in [5.74, 6) is 0.856. The van der Waals surface area contributed by atoms with Crippen LogP contribution in [-0.2, 0) is 6.54 Å². The zero-order valence-electron chi connectivity index (χ0n) is 11.4. The van der Waals surface area contributed by atoms with Crippen molar-refractivity contribution < 1.29 is 0 Å². The molecule has 3 aromatic heterocycles. The maximum absolute atomic E-state index is 4.67. The topological polar surface area (TPSA) is 59.4 Å². The molecule has 4 rings (SSSR count). The molecule has 0 saturated heterocycles. The lowest BCUT2D eigenvalue weighted by atomic mass is 10.2. The summed E-state index contributed by atoms with van der Waals surface area (Å²) < 4.78 is 1.92. The van der Waals surface area contributed by atoms with Gasteiger partial charge in [0, 0.05) is 6.20 Å². The number of aryl methyl sites for hydroxylation is 1. The van der Waals surface area contributed by atoms with Gasteiger partial charge in [0.15, 0.2) is 11.5 Å². The van der Waals surface area contributed by atoms with Crippen molar-refractivity contribution in [2.24, 2.45) is 0 Å². The first-order chi connectivity index (χ1) is 10.3. The summed E-state index contributed by atoms with van der Waals surface area (Å²) >= 11 is 1.63. The van der Waals surface area contributed by atoms with Crippen molar-refractivity contribution in [1.82, 2.24) is 24.7 Å². The molecule has 1 aromatic carbocycles. The Hall–Kier alpha value is -2.47. The molecule has 4 aromatic rings. The van der Waals surface area contributed by atoms with Gasteiger partial charge in [-0.3, -0.25) is 0 Å². The minimum absolute atomic E-state index is 0.719. The quantitative estimate of drug-likeness (QED) is 0.631. The Morgan fingerprint density at radius 1 is 1.19 bits per heavy atom. The molecule has 0 saturated carbocycles. The highest BCUT2D eigenvalue weighted by Gasteiger charge is 2.12. The molecule has 0 aliphatic rings. The molecule has 0 amide bonds. The fraction of sp³-hybridized carbons (Fsp3) is 0.133. The average molecular weight is 295 g/mol. The van der Waals surface area contributed by atoms with Gasteiger partial charge in [0.05, 0.1) is 22.6 Å². The first kappa shape index (κ1) is 12.3. The van der Waals surface area contributed by atoms with Crippen molar-refractivity contribution in [2.75, 3.05) is 0 Å². The van der Waals surface area contributed by atoms with Gasteiger partial charge in [-0.2, -0.15) is 5.10 Å². The van der Waals surface area contributed by atoms with Gasteiger partial charge in [0.25, 0.3) is 0 Å². The van der Waals surface area contributed by atoms with E-state index in [0.717, 1.165) is 33.4 Å². The molecular formula is C15H13N5S. The van der Waals surface area contributed by atoms with Gasteiger partial charge in [-0.05, 0) is 12.5 Å². The van der Waals surface area contributed by atoms with Crippen LogP contribution in [0, 0.1) is 6.92 Å². The molecule has 0 aliphatic carbocycles. The van der Waals surface area contributed by atoms with E-state index in [4.69, 9.17) is 0 Å². The van der Waals surface area contributed by atoms with Gasteiger partial charge in [-0.1, -0.05) is 30.3 Å². The molecular weight excluding hydrogens is 282 g/mol. The number of thiazole rings is 1. The summed E-state index contributed by atoms with van der Waals surface area (Å²) in [6.45, 7) is 2.71. The summed E-state index contributed by atoms with van der Waals surface area (Å²) in [7, 11) is 0. The number of nitrogens with one attached hydrogen (secondary N) is 1. The van der Waals surface area contributed by atoms with Gasteiger partial charge in [0.2, 0.25) is 0 Å². The van der Waals surface area contributed by atoms with Crippen molar-refractivity contribution >= 4 is 22.5 Å².